The SMILES string of the molecule is BrC1(Br)C=CC(C(OC(C2=CCC(Br)(Br)C=C2)c2ccccc2)c2ccccc2)=CC1. The topological polar surface area (TPSA) is 9.23 Å². The zero-order valence-electron chi connectivity index (χ0n) is 16.7. The average Bonchev–Trinajstić information content (AvgIpc) is 2.77. The lowest BCUT2D eigenvalue weighted by atomic mass is 9.93. The van der Waals surface area contributed by atoms with Crippen LogP contribution in [0.5, 0.6) is 0 Å². The van der Waals surface area contributed by atoms with E-state index in [0.29, 0.717) is 0 Å². The highest BCUT2D eigenvalue weighted by atomic mass is 79.9. The van der Waals surface area contributed by atoms with Gasteiger partial charge in [0.2, 0.25) is 0 Å². The Morgan fingerprint density at radius 2 is 1.00 bits per heavy atom. The second kappa shape index (κ2) is 10.0. The van der Waals surface area contributed by atoms with Crippen LogP contribution in [0.3, 0.4) is 0 Å². The molecule has 2 atom stereocenters. The number of hydrogen-bond acceptors (Lipinski definition) is 1. The Morgan fingerprint density at radius 3 is 1.32 bits per heavy atom. The highest BCUT2D eigenvalue weighted by molar-refractivity contribution is 9.25. The number of alkyl halides is 4. The molecule has 0 saturated carbocycles. The van der Waals surface area contributed by atoms with Crippen LogP contribution in [-0.2, 0) is 4.74 Å². The standard InChI is InChI=1S/C26H22Br4O/c27-25(28)15-11-21(12-16-25)23(19-7-3-1-4-8-19)31-24(20-9-5-2-6-10-20)22-13-17-26(29,30)18-14-22/h1-15,17,23-24H,16,18H2. The molecule has 0 radical (unpaired) electrons. The molecule has 2 unspecified atom stereocenters. The summed E-state index contributed by atoms with van der Waals surface area (Å²) in [5.41, 5.74) is 4.62. The third-order valence-electron chi connectivity index (χ3n) is 5.34. The number of halogens is 4. The van der Waals surface area contributed by atoms with Crippen molar-refractivity contribution in [3.63, 3.8) is 0 Å². The van der Waals surface area contributed by atoms with Crippen molar-refractivity contribution in [2.75, 3.05) is 0 Å². The average molecular weight is 670 g/mol. The van der Waals surface area contributed by atoms with Crippen molar-refractivity contribution in [1.29, 1.82) is 0 Å². The minimum absolute atomic E-state index is 0.173. The van der Waals surface area contributed by atoms with E-state index in [9.17, 15) is 0 Å². The molecule has 0 fully saturated rings. The summed E-state index contributed by atoms with van der Waals surface area (Å²) in [6, 6.07) is 20.9. The minimum Gasteiger partial charge on any atom is -0.356 e. The van der Waals surface area contributed by atoms with Gasteiger partial charge in [-0.05, 0) is 35.1 Å². The van der Waals surface area contributed by atoms with Gasteiger partial charge in [0.05, 0.1) is 0 Å². The van der Waals surface area contributed by atoms with Crippen LogP contribution in [-0.4, -0.2) is 6.47 Å². The van der Waals surface area contributed by atoms with Crippen LogP contribution in [0.1, 0.15) is 36.2 Å². The maximum atomic E-state index is 6.94. The van der Waals surface area contributed by atoms with Crippen LogP contribution in [0.4, 0.5) is 0 Å². The second-order valence-corrected chi connectivity index (χ2v) is 15.5. The van der Waals surface area contributed by atoms with E-state index in [0.717, 1.165) is 35.1 Å². The third kappa shape index (κ3) is 6.20. The molecule has 0 heterocycles. The normalized spacial score (nSPS) is 21.2. The molecule has 0 aromatic heterocycles. The first-order valence-electron chi connectivity index (χ1n) is 10.1. The first kappa shape index (κ1) is 23.4. The van der Waals surface area contributed by atoms with Gasteiger partial charge in [-0.3, -0.25) is 0 Å². The van der Waals surface area contributed by atoms with Gasteiger partial charge in [0.15, 0.2) is 0 Å². The van der Waals surface area contributed by atoms with Crippen molar-refractivity contribution in [2.45, 2.75) is 31.5 Å². The molecule has 2 aliphatic carbocycles. The van der Waals surface area contributed by atoms with E-state index in [1.54, 1.807) is 0 Å². The van der Waals surface area contributed by atoms with E-state index in [4.69, 9.17) is 4.74 Å². The molecule has 0 N–H and O–H groups in total. The van der Waals surface area contributed by atoms with Crippen molar-refractivity contribution < 1.29 is 4.74 Å². The van der Waals surface area contributed by atoms with Crippen molar-refractivity contribution in [3.05, 3.63) is 119 Å². The fourth-order valence-electron chi connectivity index (χ4n) is 3.70. The molecule has 5 heteroatoms. The largest absolute Gasteiger partial charge is 0.356 e. The van der Waals surface area contributed by atoms with E-state index >= 15 is 0 Å². The van der Waals surface area contributed by atoms with Crippen LogP contribution in [0.15, 0.2) is 108 Å². The molecule has 0 amide bonds. The maximum Gasteiger partial charge on any atom is 0.109 e. The molecular formula is C26H22Br4O. The summed E-state index contributed by atoms with van der Waals surface area (Å²) >= 11 is 14.8. The Morgan fingerprint density at radius 1 is 0.613 bits per heavy atom. The highest BCUT2D eigenvalue weighted by Crippen LogP contribution is 2.44. The highest BCUT2D eigenvalue weighted by Gasteiger charge is 2.30. The van der Waals surface area contributed by atoms with Crippen LogP contribution in [0.2, 0.25) is 0 Å². The molecule has 4 rings (SSSR count). The van der Waals surface area contributed by atoms with Gasteiger partial charge in [0, 0.05) is 0 Å². The molecule has 2 aliphatic rings. The monoisotopic (exact) mass is 666 g/mol. The molecule has 0 aliphatic heterocycles. The molecule has 0 saturated heterocycles. The fourth-order valence-corrected chi connectivity index (χ4v) is 4.87. The van der Waals surface area contributed by atoms with Gasteiger partial charge in [-0.25, -0.2) is 0 Å². The summed E-state index contributed by atoms with van der Waals surface area (Å²) in [4.78, 5) is 0. The molecule has 2 aromatic rings. The zero-order valence-corrected chi connectivity index (χ0v) is 23.1. The van der Waals surface area contributed by atoms with E-state index in [1.165, 1.54) is 0 Å². The number of hydrogen-bond donors (Lipinski definition) is 0. The summed E-state index contributed by atoms with van der Waals surface area (Å²) in [5.74, 6) is 0. The van der Waals surface area contributed by atoms with Crippen molar-refractivity contribution in [2.24, 2.45) is 0 Å². The molecule has 0 spiro atoms. The molecule has 31 heavy (non-hydrogen) atoms. The molecular weight excluding hydrogens is 648 g/mol. The van der Waals surface area contributed by atoms with Gasteiger partial charge < -0.3 is 4.74 Å². The predicted octanol–water partition coefficient (Wildman–Crippen LogP) is 9.23. The van der Waals surface area contributed by atoms with E-state index in [-0.39, 0.29) is 18.7 Å². The minimum atomic E-state index is -0.187. The summed E-state index contributed by atoms with van der Waals surface area (Å²) < 4.78 is 6.56. The smallest absolute Gasteiger partial charge is 0.109 e. The summed E-state index contributed by atoms with van der Waals surface area (Å²) in [7, 11) is 0. The first-order chi connectivity index (χ1) is 14.8. The summed E-state index contributed by atoms with van der Waals surface area (Å²) in [5, 5.41) is 0. The molecule has 1 nitrogen and oxygen atoms in total. The number of benzene rings is 2. The maximum absolute atomic E-state index is 6.94. The van der Waals surface area contributed by atoms with Gasteiger partial charge in [-0.1, -0.05) is 161 Å². The predicted molar refractivity (Wildman–Crippen MR) is 144 cm³/mol. The Labute approximate surface area is 217 Å². The van der Waals surface area contributed by atoms with Crippen LogP contribution < -0.4 is 0 Å². The fraction of sp³-hybridized carbons (Fsp3) is 0.231. The van der Waals surface area contributed by atoms with E-state index in [2.05, 4.69) is 149 Å². The lowest BCUT2D eigenvalue weighted by Gasteiger charge is -2.31. The molecule has 160 valence electrons. The Hall–Kier alpha value is -0.720. The van der Waals surface area contributed by atoms with Gasteiger partial charge in [0.1, 0.15) is 18.7 Å². The Bertz CT molecular complexity index is 936. The quantitative estimate of drug-likeness (QED) is 0.279. The molecule has 0 bridgehead atoms. The zero-order chi connectivity index (χ0) is 21.9. The van der Waals surface area contributed by atoms with Gasteiger partial charge in [-0.15, -0.1) is 0 Å². The van der Waals surface area contributed by atoms with Crippen molar-refractivity contribution in [1.82, 2.24) is 0 Å². The number of allylic oxidation sites excluding steroid dienone is 4. The third-order valence-corrected chi connectivity index (χ3v) is 7.69. The number of rotatable bonds is 6. The Balaban J connectivity index is 1.71. The van der Waals surface area contributed by atoms with Crippen LogP contribution in [0.25, 0.3) is 0 Å². The number of ether oxygens (including phenoxy) is 1. The lowest BCUT2D eigenvalue weighted by molar-refractivity contribution is 0.0294. The van der Waals surface area contributed by atoms with Crippen molar-refractivity contribution in [3.8, 4) is 0 Å². The van der Waals surface area contributed by atoms with Gasteiger partial charge >= 0.3 is 0 Å². The van der Waals surface area contributed by atoms with E-state index < -0.39 is 0 Å². The summed E-state index contributed by atoms with van der Waals surface area (Å²) in [6.07, 6.45) is 14.4. The lowest BCUT2D eigenvalue weighted by Crippen LogP contribution is -2.18. The van der Waals surface area contributed by atoms with Crippen LogP contribution in [0, 0.1) is 0 Å². The Kier molecular flexibility index (Phi) is 7.60. The van der Waals surface area contributed by atoms with Crippen molar-refractivity contribution >= 4 is 63.7 Å². The summed E-state index contributed by atoms with van der Waals surface area (Å²) in [6.45, 7) is 0. The first-order valence-corrected chi connectivity index (χ1v) is 13.3. The van der Waals surface area contributed by atoms with Gasteiger partial charge in [-0.2, -0.15) is 0 Å². The molecule has 2 aromatic carbocycles. The van der Waals surface area contributed by atoms with Gasteiger partial charge in [0.25, 0.3) is 0 Å². The second-order valence-electron chi connectivity index (χ2n) is 7.72. The van der Waals surface area contributed by atoms with Crippen LogP contribution >= 0.6 is 63.7 Å². The van der Waals surface area contributed by atoms with E-state index in [1.807, 2.05) is 12.1 Å².